The van der Waals surface area contributed by atoms with Gasteiger partial charge in [0.2, 0.25) is 0 Å². The normalized spacial score (nSPS) is 14.4. The highest BCUT2D eigenvalue weighted by atomic mass is 19.4. The van der Waals surface area contributed by atoms with Gasteiger partial charge < -0.3 is 20.3 Å². The molecule has 0 amide bonds. The number of rotatable bonds is 10. The van der Waals surface area contributed by atoms with Crippen LogP contribution >= 0.6 is 0 Å². The highest BCUT2D eigenvalue weighted by Gasteiger charge is 2.34. The molecule has 1 aromatic carbocycles. The quantitative estimate of drug-likeness (QED) is 0.548. The monoisotopic (exact) mass is 417 g/mol. The van der Waals surface area contributed by atoms with Crippen molar-refractivity contribution in [1.82, 2.24) is 0 Å². The summed E-state index contributed by atoms with van der Waals surface area (Å²) in [6, 6.07) is 2.44. The number of ether oxygens (including phenoxy) is 2. The van der Waals surface area contributed by atoms with E-state index in [0.29, 0.717) is 18.9 Å². The summed E-state index contributed by atoms with van der Waals surface area (Å²) in [4.78, 5) is 11.1. The summed E-state index contributed by atoms with van der Waals surface area (Å²) in [5, 5.41) is 9.07. The summed E-state index contributed by atoms with van der Waals surface area (Å²) in [7, 11) is 0. The van der Waals surface area contributed by atoms with E-state index < -0.39 is 36.1 Å². The van der Waals surface area contributed by atoms with Crippen molar-refractivity contribution in [2.24, 2.45) is 17.6 Å². The van der Waals surface area contributed by atoms with E-state index in [1.807, 2.05) is 6.92 Å². The van der Waals surface area contributed by atoms with Gasteiger partial charge in [-0.3, -0.25) is 4.79 Å². The number of aliphatic carboxylic acids is 1. The molecule has 0 aliphatic carbocycles. The van der Waals surface area contributed by atoms with Gasteiger partial charge in [-0.2, -0.15) is 0 Å². The van der Waals surface area contributed by atoms with E-state index in [9.17, 15) is 31.1 Å². The molecule has 5 nitrogen and oxygen atoms in total. The Balaban J connectivity index is 2.96. The second kappa shape index (κ2) is 9.85. The van der Waals surface area contributed by atoms with Crippen LogP contribution < -0.4 is 15.2 Å². The van der Waals surface area contributed by atoms with Crippen molar-refractivity contribution in [3.63, 3.8) is 0 Å². The Kier molecular flexibility index (Phi) is 8.40. The Morgan fingerprint density at radius 2 is 1.57 bits per heavy atom. The molecule has 0 heterocycles. The van der Waals surface area contributed by atoms with Crippen LogP contribution in [0.1, 0.15) is 31.7 Å². The molecule has 0 saturated heterocycles. The van der Waals surface area contributed by atoms with Crippen LogP contribution in [0.2, 0.25) is 0 Å². The van der Waals surface area contributed by atoms with Gasteiger partial charge in [0.05, 0.1) is 5.92 Å². The van der Waals surface area contributed by atoms with Crippen LogP contribution in [0.3, 0.4) is 0 Å². The highest BCUT2D eigenvalue weighted by molar-refractivity contribution is 5.70. The minimum Gasteiger partial charge on any atom is -0.481 e. The number of halogens is 6. The summed E-state index contributed by atoms with van der Waals surface area (Å²) in [6.07, 6.45) is -8.85. The van der Waals surface area contributed by atoms with Gasteiger partial charge in [0.1, 0.15) is 11.5 Å². The van der Waals surface area contributed by atoms with Gasteiger partial charge in [-0.05, 0) is 42.9 Å². The lowest BCUT2D eigenvalue weighted by atomic mass is 9.88. The van der Waals surface area contributed by atoms with Crippen LogP contribution in [0.25, 0.3) is 0 Å². The van der Waals surface area contributed by atoms with Crippen LogP contribution in [0.5, 0.6) is 11.5 Å². The fraction of sp³-hybridized carbons (Fsp3) is 0.588. The topological polar surface area (TPSA) is 81.8 Å². The zero-order valence-corrected chi connectivity index (χ0v) is 14.9. The minimum absolute atomic E-state index is 0.0652. The van der Waals surface area contributed by atoms with Crippen LogP contribution in [-0.4, -0.2) is 30.3 Å². The first-order valence-electron chi connectivity index (χ1n) is 8.41. The lowest BCUT2D eigenvalue weighted by molar-refractivity contribution is -0.276. The van der Waals surface area contributed by atoms with Gasteiger partial charge in [0.25, 0.3) is 0 Å². The van der Waals surface area contributed by atoms with Crippen molar-refractivity contribution in [2.75, 3.05) is 6.54 Å². The zero-order chi connectivity index (χ0) is 21.5. The summed E-state index contributed by atoms with van der Waals surface area (Å²) in [5.41, 5.74) is 5.55. The second-order valence-electron chi connectivity index (χ2n) is 6.23. The van der Waals surface area contributed by atoms with Crippen LogP contribution in [-0.2, 0) is 11.2 Å². The molecular weight excluding hydrogens is 396 g/mol. The smallest absolute Gasteiger partial charge is 0.481 e. The van der Waals surface area contributed by atoms with Crippen molar-refractivity contribution in [3.05, 3.63) is 23.8 Å². The molecule has 28 heavy (non-hydrogen) atoms. The largest absolute Gasteiger partial charge is 0.573 e. The SMILES string of the molecule is CCC(CCc1cc(OC(F)(F)F)cc(OC(F)(F)F)c1)CC(CN)C(=O)O. The van der Waals surface area contributed by atoms with Gasteiger partial charge in [0, 0.05) is 12.6 Å². The molecule has 0 aliphatic rings. The van der Waals surface area contributed by atoms with Crippen LogP contribution in [0, 0.1) is 11.8 Å². The van der Waals surface area contributed by atoms with E-state index in [-0.39, 0.29) is 30.9 Å². The molecule has 11 heteroatoms. The standard InChI is InChI=1S/C17H21F6NO4/c1-2-10(5-12(9-24)15(25)26)3-4-11-6-13(27-16(18,19)20)8-14(7-11)28-17(21,22)23/h6-8,10,12H,2-5,9,24H2,1H3,(H,25,26). The van der Waals surface area contributed by atoms with Gasteiger partial charge in [0.15, 0.2) is 0 Å². The summed E-state index contributed by atoms with van der Waals surface area (Å²) in [6.45, 7) is 1.74. The lowest BCUT2D eigenvalue weighted by Gasteiger charge is -2.19. The third-order valence-corrected chi connectivity index (χ3v) is 4.08. The number of alkyl halides is 6. The molecule has 0 aromatic heterocycles. The fourth-order valence-electron chi connectivity index (χ4n) is 2.72. The van der Waals surface area contributed by atoms with E-state index in [0.717, 1.165) is 12.1 Å². The van der Waals surface area contributed by atoms with Gasteiger partial charge in [-0.1, -0.05) is 13.3 Å². The second-order valence-corrected chi connectivity index (χ2v) is 6.23. The van der Waals surface area contributed by atoms with Gasteiger partial charge >= 0.3 is 18.7 Å². The molecule has 0 saturated carbocycles. The number of hydrogen-bond donors (Lipinski definition) is 2. The average molecular weight is 417 g/mol. The van der Waals surface area contributed by atoms with Crippen molar-refractivity contribution < 1.29 is 45.7 Å². The molecule has 3 N–H and O–H groups in total. The van der Waals surface area contributed by atoms with Crippen molar-refractivity contribution >= 4 is 5.97 Å². The van der Waals surface area contributed by atoms with Gasteiger partial charge in [-0.25, -0.2) is 0 Å². The maximum atomic E-state index is 12.4. The first kappa shape index (κ1) is 23.9. The van der Waals surface area contributed by atoms with Crippen LogP contribution in [0.15, 0.2) is 18.2 Å². The average Bonchev–Trinajstić information content (AvgIpc) is 2.51. The van der Waals surface area contributed by atoms with Crippen molar-refractivity contribution in [2.45, 2.75) is 45.3 Å². The van der Waals surface area contributed by atoms with Crippen LogP contribution in [0.4, 0.5) is 26.3 Å². The number of carboxylic acid groups (broad SMARTS) is 1. The van der Waals surface area contributed by atoms with E-state index >= 15 is 0 Å². The molecule has 1 aromatic rings. The maximum absolute atomic E-state index is 12.4. The molecule has 1 rings (SSSR count). The maximum Gasteiger partial charge on any atom is 0.573 e. The highest BCUT2D eigenvalue weighted by Crippen LogP contribution is 2.32. The Morgan fingerprint density at radius 1 is 1.07 bits per heavy atom. The third-order valence-electron chi connectivity index (χ3n) is 4.08. The zero-order valence-electron chi connectivity index (χ0n) is 14.9. The van der Waals surface area contributed by atoms with Gasteiger partial charge in [-0.15, -0.1) is 26.3 Å². The van der Waals surface area contributed by atoms with Crippen molar-refractivity contribution in [1.29, 1.82) is 0 Å². The molecule has 0 fully saturated rings. The first-order chi connectivity index (χ1) is 12.8. The number of aryl methyl sites for hydroxylation is 1. The van der Waals surface area contributed by atoms with Crippen molar-refractivity contribution in [3.8, 4) is 11.5 Å². The summed E-state index contributed by atoms with van der Waals surface area (Å²) >= 11 is 0. The van der Waals surface area contributed by atoms with E-state index in [2.05, 4.69) is 9.47 Å². The van der Waals surface area contributed by atoms with E-state index in [4.69, 9.17) is 10.8 Å². The Labute approximate surface area is 157 Å². The third kappa shape index (κ3) is 9.16. The first-order valence-corrected chi connectivity index (χ1v) is 8.41. The molecule has 160 valence electrons. The molecule has 2 unspecified atom stereocenters. The molecular formula is C17H21F6NO4. The predicted octanol–water partition coefficient (Wildman–Crippen LogP) is 4.49. The number of hydrogen-bond acceptors (Lipinski definition) is 4. The molecule has 0 radical (unpaired) electrons. The fourth-order valence-corrected chi connectivity index (χ4v) is 2.72. The number of nitrogens with two attached hydrogens (primary N) is 1. The summed E-state index contributed by atoms with van der Waals surface area (Å²) in [5.74, 6) is -3.61. The van der Waals surface area contributed by atoms with E-state index in [1.165, 1.54) is 0 Å². The number of carboxylic acids is 1. The molecule has 0 aliphatic heterocycles. The Bertz CT molecular complexity index is 613. The molecule has 2 atom stereocenters. The predicted molar refractivity (Wildman–Crippen MR) is 86.7 cm³/mol. The number of benzene rings is 1. The minimum atomic E-state index is -5.07. The molecule has 0 spiro atoms. The lowest BCUT2D eigenvalue weighted by Crippen LogP contribution is -2.26. The van der Waals surface area contributed by atoms with E-state index in [1.54, 1.807) is 0 Å². The Morgan fingerprint density at radius 3 is 1.93 bits per heavy atom. The molecule has 0 bridgehead atoms. The summed E-state index contributed by atoms with van der Waals surface area (Å²) < 4.78 is 81.9. The number of carbonyl (C=O) groups is 1. The Hall–Kier alpha value is -2.17.